The minimum atomic E-state index is 0.0231. The molecule has 1 aromatic carbocycles. The lowest BCUT2D eigenvalue weighted by Crippen LogP contribution is -2.38. The molecule has 86 valence electrons. The summed E-state index contributed by atoms with van der Waals surface area (Å²) in [5, 5.41) is 3.92. The number of rotatable bonds is 4. The summed E-state index contributed by atoms with van der Waals surface area (Å²) in [6.45, 7) is 0. The van der Waals surface area contributed by atoms with E-state index in [1.807, 2.05) is 30.5 Å². The van der Waals surface area contributed by atoms with Crippen LogP contribution in [0.2, 0.25) is 0 Å². The fraction of sp³-hybridized carbons (Fsp3) is 0.417. The first-order valence-electron chi connectivity index (χ1n) is 5.22. The van der Waals surface area contributed by atoms with Gasteiger partial charge in [0.1, 0.15) is 0 Å². The Morgan fingerprint density at radius 1 is 1.44 bits per heavy atom. The van der Waals surface area contributed by atoms with E-state index < -0.39 is 0 Å². The maximum atomic E-state index is 11.9. The SMILES string of the molecule is CSc1ccc(C(=O)NC2(CBr)CC2)cc1. The number of hydrogen-bond acceptors (Lipinski definition) is 2. The second-order valence-electron chi connectivity index (χ2n) is 4.10. The Bertz CT molecular complexity index is 387. The molecule has 16 heavy (non-hydrogen) atoms. The quantitative estimate of drug-likeness (QED) is 0.684. The molecule has 1 amide bonds. The van der Waals surface area contributed by atoms with Crippen molar-refractivity contribution >= 4 is 33.6 Å². The largest absolute Gasteiger partial charge is 0.346 e. The molecule has 0 bridgehead atoms. The van der Waals surface area contributed by atoms with Crippen molar-refractivity contribution in [2.45, 2.75) is 23.3 Å². The summed E-state index contributed by atoms with van der Waals surface area (Å²) in [5.41, 5.74) is 0.764. The Kier molecular flexibility index (Phi) is 3.60. The van der Waals surface area contributed by atoms with Crippen molar-refractivity contribution in [2.24, 2.45) is 0 Å². The lowest BCUT2D eigenvalue weighted by Gasteiger charge is -2.14. The molecule has 0 saturated heterocycles. The van der Waals surface area contributed by atoms with Gasteiger partial charge in [0, 0.05) is 15.8 Å². The fourth-order valence-electron chi connectivity index (χ4n) is 1.50. The van der Waals surface area contributed by atoms with Crippen LogP contribution >= 0.6 is 27.7 Å². The average Bonchev–Trinajstić information content (AvgIpc) is 3.09. The highest BCUT2D eigenvalue weighted by Gasteiger charge is 2.42. The molecule has 0 heterocycles. The third-order valence-electron chi connectivity index (χ3n) is 2.84. The molecule has 1 saturated carbocycles. The van der Waals surface area contributed by atoms with Crippen LogP contribution in [0.4, 0.5) is 0 Å². The maximum absolute atomic E-state index is 11.9. The number of halogens is 1. The molecule has 2 rings (SSSR count). The zero-order valence-electron chi connectivity index (χ0n) is 9.13. The van der Waals surface area contributed by atoms with Gasteiger partial charge in [0.15, 0.2) is 0 Å². The number of alkyl halides is 1. The molecule has 1 aliphatic rings. The monoisotopic (exact) mass is 299 g/mol. The number of thioether (sulfide) groups is 1. The van der Waals surface area contributed by atoms with Crippen molar-refractivity contribution in [1.82, 2.24) is 5.32 Å². The van der Waals surface area contributed by atoms with Gasteiger partial charge in [-0.2, -0.15) is 0 Å². The Morgan fingerprint density at radius 2 is 2.06 bits per heavy atom. The van der Waals surface area contributed by atoms with E-state index in [2.05, 4.69) is 21.2 Å². The van der Waals surface area contributed by atoms with E-state index in [-0.39, 0.29) is 11.4 Å². The highest BCUT2D eigenvalue weighted by atomic mass is 79.9. The van der Waals surface area contributed by atoms with Crippen molar-refractivity contribution in [3.05, 3.63) is 29.8 Å². The van der Waals surface area contributed by atoms with Crippen molar-refractivity contribution in [3.8, 4) is 0 Å². The number of nitrogens with one attached hydrogen (secondary N) is 1. The van der Waals surface area contributed by atoms with E-state index in [9.17, 15) is 4.79 Å². The molecule has 0 spiro atoms. The zero-order valence-corrected chi connectivity index (χ0v) is 11.5. The average molecular weight is 300 g/mol. The van der Waals surface area contributed by atoms with E-state index >= 15 is 0 Å². The third-order valence-corrected chi connectivity index (χ3v) is 4.66. The molecule has 0 radical (unpaired) electrons. The van der Waals surface area contributed by atoms with Gasteiger partial charge < -0.3 is 5.32 Å². The Morgan fingerprint density at radius 3 is 2.50 bits per heavy atom. The molecule has 0 atom stereocenters. The molecular weight excluding hydrogens is 286 g/mol. The van der Waals surface area contributed by atoms with Crippen LogP contribution in [-0.4, -0.2) is 23.0 Å². The number of hydrogen-bond donors (Lipinski definition) is 1. The fourth-order valence-corrected chi connectivity index (χ4v) is 2.61. The van der Waals surface area contributed by atoms with E-state index in [1.165, 1.54) is 4.90 Å². The van der Waals surface area contributed by atoms with Crippen molar-refractivity contribution in [2.75, 3.05) is 11.6 Å². The highest BCUT2D eigenvalue weighted by Crippen LogP contribution is 2.37. The van der Waals surface area contributed by atoms with Crippen LogP contribution in [-0.2, 0) is 0 Å². The van der Waals surface area contributed by atoms with E-state index in [1.54, 1.807) is 11.8 Å². The minimum absolute atomic E-state index is 0.0231. The van der Waals surface area contributed by atoms with Gasteiger partial charge in [-0.25, -0.2) is 0 Å². The maximum Gasteiger partial charge on any atom is 0.251 e. The molecule has 1 fully saturated rings. The van der Waals surface area contributed by atoms with Gasteiger partial charge in [0.2, 0.25) is 0 Å². The Hall–Kier alpha value is -0.480. The molecular formula is C12H14BrNOS. The number of amides is 1. The van der Waals surface area contributed by atoms with Crippen molar-refractivity contribution < 1.29 is 4.79 Å². The van der Waals surface area contributed by atoms with Gasteiger partial charge in [-0.3, -0.25) is 4.79 Å². The molecule has 1 aromatic rings. The van der Waals surface area contributed by atoms with Crippen LogP contribution < -0.4 is 5.32 Å². The van der Waals surface area contributed by atoms with Crippen LogP contribution in [0.25, 0.3) is 0 Å². The molecule has 4 heteroatoms. The molecule has 1 aliphatic carbocycles. The third kappa shape index (κ3) is 2.61. The standard InChI is InChI=1S/C12H14BrNOS/c1-16-10-4-2-9(3-5-10)11(15)14-12(8-13)6-7-12/h2-5H,6-8H2,1H3,(H,14,15). The summed E-state index contributed by atoms with van der Waals surface area (Å²) in [4.78, 5) is 13.1. The van der Waals surface area contributed by atoms with E-state index in [4.69, 9.17) is 0 Å². The predicted octanol–water partition coefficient (Wildman–Crippen LogP) is 3.07. The second kappa shape index (κ2) is 4.80. The summed E-state index contributed by atoms with van der Waals surface area (Å²) >= 11 is 5.12. The van der Waals surface area contributed by atoms with Crippen LogP contribution in [0.3, 0.4) is 0 Å². The molecule has 0 unspecified atom stereocenters. The number of benzene rings is 1. The summed E-state index contributed by atoms with van der Waals surface area (Å²) in [5.74, 6) is 0.0320. The van der Waals surface area contributed by atoms with Gasteiger partial charge in [-0.15, -0.1) is 11.8 Å². The highest BCUT2D eigenvalue weighted by molar-refractivity contribution is 9.09. The number of carbonyl (C=O) groups excluding carboxylic acids is 1. The van der Waals surface area contributed by atoms with Gasteiger partial charge in [0.25, 0.3) is 5.91 Å². The van der Waals surface area contributed by atoms with Crippen LogP contribution in [0.15, 0.2) is 29.2 Å². The Balaban J connectivity index is 2.03. The molecule has 2 nitrogen and oxygen atoms in total. The lowest BCUT2D eigenvalue weighted by atomic mass is 10.2. The summed E-state index contributed by atoms with van der Waals surface area (Å²) in [6.07, 6.45) is 4.18. The first-order valence-corrected chi connectivity index (χ1v) is 7.56. The minimum Gasteiger partial charge on any atom is -0.346 e. The predicted molar refractivity (Wildman–Crippen MR) is 71.4 cm³/mol. The van der Waals surface area contributed by atoms with Gasteiger partial charge in [-0.1, -0.05) is 15.9 Å². The van der Waals surface area contributed by atoms with Crippen LogP contribution in [0.5, 0.6) is 0 Å². The van der Waals surface area contributed by atoms with Gasteiger partial charge in [-0.05, 0) is 43.4 Å². The zero-order chi connectivity index (χ0) is 11.6. The van der Waals surface area contributed by atoms with Crippen LogP contribution in [0.1, 0.15) is 23.2 Å². The first kappa shape index (κ1) is 12.0. The Labute approximate surface area is 108 Å². The second-order valence-corrected chi connectivity index (χ2v) is 5.54. The molecule has 0 aliphatic heterocycles. The lowest BCUT2D eigenvalue weighted by molar-refractivity contribution is 0.0936. The van der Waals surface area contributed by atoms with Crippen molar-refractivity contribution in [1.29, 1.82) is 0 Å². The summed E-state index contributed by atoms with van der Waals surface area (Å²) < 4.78 is 0. The topological polar surface area (TPSA) is 29.1 Å². The van der Waals surface area contributed by atoms with Gasteiger partial charge in [0.05, 0.1) is 5.54 Å². The molecule has 0 aromatic heterocycles. The molecule has 1 N–H and O–H groups in total. The smallest absolute Gasteiger partial charge is 0.251 e. The van der Waals surface area contributed by atoms with Gasteiger partial charge >= 0.3 is 0 Å². The summed E-state index contributed by atoms with van der Waals surface area (Å²) in [6, 6.07) is 7.72. The van der Waals surface area contributed by atoms with Crippen molar-refractivity contribution in [3.63, 3.8) is 0 Å². The summed E-state index contributed by atoms with van der Waals surface area (Å²) in [7, 11) is 0. The van der Waals surface area contributed by atoms with E-state index in [0.717, 1.165) is 23.7 Å². The van der Waals surface area contributed by atoms with E-state index in [0.29, 0.717) is 0 Å². The normalized spacial score (nSPS) is 16.9. The number of carbonyl (C=O) groups is 1. The first-order chi connectivity index (χ1) is 7.69. The van der Waals surface area contributed by atoms with Crippen LogP contribution in [0, 0.1) is 0 Å².